The van der Waals surface area contributed by atoms with E-state index in [9.17, 15) is 4.79 Å². The lowest BCUT2D eigenvalue weighted by atomic mass is 9.90. The first-order valence-corrected chi connectivity index (χ1v) is 5.21. The minimum atomic E-state index is 0.164. The number of carbonyl (C=O) groups excluding carboxylic acids is 1. The molecule has 0 aliphatic heterocycles. The molecule has 1 aromatic heterocycles. The van der Waals surface area contributed by atoms with Crippen molar-refractivity contribution in [1.29, 1.82) is 0 Å². The van der Waals surface area contributed by atoms with Crippen LogP contribution in [0.25, 0.3) is 0 Å². The average Bonchev–Trinajstić information content (AvgIpc) is 2.55. The fourth-order valence-corrected chi connectivity index (χ4v) is 1.96. The minimum Gasteiger partial charge on any atom is -0.325 e. The van der Waals surface area contributed by atoms with Gasteiger partial charge in [0.15, 0.2) is 5.78 Å². The van der Waals surface area contributed by atoms with Crippen LogP contribution in [0.15, 0.2) is 6.33 Å². The molecule has 76 valence electrons. The lowest BCUT2D eigenvalue weighted by Crippen LogP contribution is -2.23. The third kappa shape index (κ3) is 1.27. The van der Waals surface area contributed by atoms with Crippen molar-refractivity contribution < 1.29 is 4.79 Å². The molecule has 0 fully saturated rings. The molecule has 1 aliphatic rings. The Kier molecular flexibility index (Phi) is 2.17. The van der Waals surface area contributed by atoms with Crippen LogP contribution in [0, 0.1) is 5.92 Å². The van der Waals surface area contributed by atoms with E-state index in [2.05, 4.69) is 18.8 Å². The van der Waals surface area contributed by atoms with Crippen molar-refractivity contribution in [1.82, 2.24) is 9.55 Å². The zero-order valence-corrected chi connectivity index (χ0v) is 8.95. The van der Waals surface area contributed by atoms with E-state index < -0.39 is 0 Å². The van der Waals surface area contributed by atoms with Crippen molar-refractivity contribution >= 4 is 5.78 Å². The second-order valence-corrected chi connectivity index (χ2v) is 4.34. The summed E-state index contributed by atoms with van der Waals surface area (Å²) in [6, 6.07) is 0.320. The monoisotopic (exact) mass is 192 g/mol. The molecule has 0 saturated carbocycles. The molecule has 1 atom stereocenters. The molecule has 0 radical (unpaired) electrons. The van der Waals surface area contributed by atoms with Gasteiger partial charge in [0.2, 0.25) is 0 Å². The Morgan fingerprint density at radius 1 is 1.57 bits per heavy atom. The summed E-state index contributed by atoms with van der Waals surface area (Å²) in [5, 5.41) is 0. The van der Waals surface area contributed by atoms with Gasteiger partial charge in [0.1, 0.15) is 5.69 Å². The van der Waals surface area contributed by atoms with Crippen molar-refractivity contribution in [2.75, 3.05) is 0 Å². The molecule has 3 nitrogen and oxygen atoms in total. The molecular weight excluding hydrogens is 176 g/mol. The second-order valence-electron chi connectivity index (χ2n) is 4.34. The summed E-state index contributed by atoms with van der Waals surface area (Å²) in [7, 11) is 0. The first kappa shape index (κ1) is 9.44. The molecule has 0 aromatic carbocycles. The SMILES string of the molecule is CC(C)n1cnc2c1C(=O)[C@H](C)CC2. The van der Waals surface area contributed by atoms with Crippen molar-refractivity contribution in [2.24, 2.45) is 5.92 Å². The Hall–Kier alpha value is -1.12. The van der Waals surface area contributed by atoms with Gasteiger partial charge in [0.25, 0.3) is 0 Å². The summed E-state index contributed by atoms with van der Waals surface area (Å²) in [5.41, 5.74) is 1.83. The van der Waals surface area contributed by atoms with Crippen molar-refractivity contribution in [3.63, 3.8) is 0 Å². The van der Waals surface area contributed by atoms with Gasteiger partial charge >= 0.3 is 0 Å². The molecular formula is C11H16N2O. The number of fused-ring (bicyclic) bond motifs is 1. The van der Waals surface area contributed by atoms with E-state index in [-0.39, 0.29) is 11.7 Å². The Morgan fingerprint density at radius 2 is 2.29 bits per heavy atom. The van der Waals surface area contributed by atoms with E-state index in [4.69, 9.17) is 0 Å². The molecule has 0 saturated heterocycles. The normalized spacial score (nSPS) is 21.4. The van der Waals surface area contributed by atoms with E-state index in [1.807, 2.05) is 11.5 Å². The van der Waals surface area contributed by atoms with Gasteiger partial charge < -0.3 is 4.57 Å². The van der Waals surface area contributed by atoms with E-state index in [0.29, 0.717) is 6.04 Å². The van der Waals surface area contributed by atoms with Crippen molar-refractivity contribution in [3.8, 4) is 0 Å². The van der Waals surface area contributed by atoms with E-state index in [1.165, 1.54) is 0 Å². The number of hydrogen-bond donors (Lipinski definition) is 0. The lowest BCUT2D eigenvalue weighted by Gasteiger charge is -2.19. The van der Waals surface area contributed by atoms with E-state index in [1.54, 1.807) is 6.33 Å². The van der Waals surface area contributed by atoms with E-state index >= 15 is 0 Å². The summed E-state index contributed by atoms with van der Waals surface area (Å²) in [6.45, 7) is 6.16. The molecule has 0 spiro atoms. The molecule has 0 N–H and O–H groups in total. The predicted octanol–water partition coefficient (Wildman–Crippen LogP) is 2.23. The third-order valence-corrected chi connectivity index (χ3v) is 2.92. The number of hydrogen-bond acceptors (Lipinski definition) is 2. The highest BCUT2D eigenvalue weighted by Gasteiger charge is 2.28. The minimum absolute atomic E-state index is 0.164. The lowest BCUT2D eigenvalue weighted by molar-refractivity contribution is 0.0901. The molecule has 14 heavy (non-hydrogen) atoms. The van der Waals surface area contributed by atoms with Crippen LogP contribution in [0.2, 0.25) is 0 Å². The first-order chi connectivity index (χ1) is 6.61. The number of aromatic nitrogens is 2. The van der Waals surface area contributed by atoms with Gasteiger partial charge in [0.05, 0.1) is 12.0 Å². The number of rotatable bonds is 1. The maximum Gasteiger partial charge on any atom is 0.183 e. The maximum absolute atomic E-state index is 11.9. The van der Waals surface area contributed by atoms with Gasteiger partial charge in [-0.15, -0.1) is 0 Å². The van der Waals surface area contributed by atoms with Crippen LogP contribution in [0.1, 0.15) is 49.4 Å². The highest BCUT2D eigenvalue weighted by atomic mass is 16.1. The molecule has 2 rings (SSSR count). The standard InChI is InChI=1S/C11H16N2O/c1-7(2)13-6-12-9-5-4-8(3)11(14)10(9)13/h6-8H,4-5H2,1-3H3/t8-/m1/s1. The Labute approximate surface area is 84.1 Å². The number of ketones is 1. The van der Waals surface area contributed by atoms with Crippen LogP contribution >= 0.6 is 0 Å². The van der Waals surface area contributed by atoms with Gasteiger partial charge in [-0.1, -0.05) is 6.92 Å². The molecule has 0 bridgehead atoms. The zero-order chi connectivity index (χ0) is 10.3. The van der Waals surface area contributed by atoms with Crippen molar-refractivity contribution in [2.45, 2.75) is 39.7 Å². The highest BCUT2D eigenvalue weighted by Crippen LogP contribution is 2.26. The summed E-state index contributed by atoms with van der Waals surface area (Å²) in [5.74, 6) is 0.425. The first-order valence-electron chi connectivity index (χ1n) is 5.21. The van der Waals surface area contributed by atoms with Gasteiger partial charge in [-0.2, -0.15) is 0 Å². The van der Waals surface area contributed by atoms with Gasteiger partial charge in [-0.05, 0) is 26.7 Å². The van der Waals surface area contributed by atoms with Crippen LogP contribution in [-0.2, 0) is 6.42 Å². The molecule has 3 heteroatoms. The molecule has 1 aliphatic carbocycles. The number of imidazole rings is 1. The Morgan fingerprint density at radius 3 is 2.93 bits per heavy atom. The van der Waals surface area contributed by atoms with Gasteiger partial charge in [0, 0.05) is 12.0 Å². The summed E-state index contributed by atoms with van der Waals surface area (Å²) >= 11 is 0. The fraction of sp³-hybridized carbons (Fsp3) is 0.636. The molecule has 1 heterocycles. The average molecular weight is 192 g/mol. The maximum atomic E-state index is 11.9. The van der Waals surface area contributed by atoms with Crippen LogP contribution in [0.5, 0.6) is 0 Å². The molecule has 0 unspecified atom stereocenters. The quantitative estimate of drug-likeness (QED) is 0.684. The number of nitrogens with zero attached hydrogens (tertiary/aromatic N) is 2. The molecule has 1 aromatic rings. The zero-order valence-electron chi connectivity index (χ0n) is 8.95. The number of Topliss-reactive ketones (excluding diaryl/α,β-unsaturated/α-hetero) is 1. The summed E-state index contributed by atoms with van der Waals surface area (Å²) in [4.78, 5) is 16.2. The van der Waals surface area contributed by atoms with Crippen LogP contribution in [-0.4, -0.2) is 15.3 Å². The van der Waals surface area contributed by atoms with Gasteiger partial charge in [-0.3, -0.25) is 4.79 Å². The third-order valence-electron chi connectivity index (χ3n) is 2.92. The summed E-state index contributed by atoms with van der Waals surface area (Å²) < 4.78 is 1.99. The van der Waals surface area contributed by atoms with Crippen molar-refractivity contribution in [3.05, 3.63) is 17.7 Å². The van der Waals surface area contributed by atoms with Crippen LogP contribution in [0.4, 0.5) is 0 Å². The van der Waals surface area contributed by atoms with Crippen LogP contribution < -0.4 is 0 Å². The van der Waals surface area contributed by atoms with E-state index in [0.717, 1.165) is 24.2 Å². The second kappa shape index (κ2) is 3.23. The molecule has 0 amide bonds. The van der Waals surface area contributed by atoms with Gasteiger partial charge in [-0.25, -0.2) is 4.98 Å². The number of aryl methyl sites for hydroxylation is 1. The smallest absolute Gasteiger partial charge is 0.183 e. The highest BCUT2D eigenvalue weighted by molar-refractivity contribution is 5.98. The predicted molar refractivity (Wildman–Crippen MR) is 54.4 cm³/mol. The Bertz CT molecular complexity index is 365. The van der Waals surface area contributed by atoms with Crippen LogP contribution in [0.3, 0.4) is 0 Å². The Balaban J connectivity index is 2.50. The summed E-state index contributed by atoms with van der Waals surface area (Å²) in [6.07, 6.45) is 3.69. The topological polar surface area (TPSA) is 34.9 Å². The largest absolute Gasteiger partial charge is 0.325 e. The number of carbonyl (C=O) groups is 1. The fourth-order valence-electron chi connectivity index (χ4n) is 1.96.